The third-order valence-corrected chi connectivity index (χ3v) is 5.62. The number of hydrogen-bond donors (Lipinski definition) is 2. The zero-order valence-corrected chi connectivity index (χ0v) is 19.3. The maximum absolute atomic E-state index is 12.8. The summed E-state index contributed by atoms with van der Waals surface area (Å²) in [7, 11) is 3.65. The molecule has 1 aliphatic heterocycles. The molecular weight excluding hydrogens is 392 g/mol. The third-order valence-electron chi connectivity index (χ3n) is 5.62. The average molecular weight is 431 g/mol. The number of nitrogens with zero attached hydrogens (tertiary/aromatic N) is 2. The van der Waals surface area contributed by atoms with E-state index in [-0.39, 0.29) is 24.1 Å². The number of ketones is 1. The lowest BCUT2D eigenvalue weighted by Gasteiger charge is -2.22. The molecule has 1 heterocycles. The maximum Gasteiger partial charge on any atom is 0.242 e. The van der Waals surface area contributed by atoms with Gasteiger partial charge in [-0.05, 0) is 45.0 Å². The molecule has 0 aliphatic carbocycles. The zero-order chi connectivity index (χ0) is 22.6. The van der Waals surface area contributed by atoms with Gasteiger partial charge in [-0.1, -0.05) is 38.0 Å². The van der Waals surface area contributed by atoms with E-state index in [0.29, 0.717) is 25.8 Å². The summed E-state index contributed by atoms with van der Waals surface area (Å²) in [5.41, 5.74) is 2.60. The van der Waals surface area contributed by atoms with Crippen molar-refractivity contribution in [3.8, 4) is 0 Å². The van der Waals surface area contributed by atoms with Crippen molar-refractivity contribution in [3.63, 3.8) is 0 Å². The van der Waals surface area contributed by atoms with Gasteiger partial charge in [0.05, 0.1) is 6.54 Å². The summed E-state index contributed by atoms with van der Waals surface area (Å²) in [6.45, 7) is 4.39. The number of nitrogens with one attached hydrogen (secondary N) is 2. The van der Waals surface area contributed by atoms with Gasteiger partial charge in [0.1, 0.15) is 11.8 Å². The fraction of sp³-hybridized carbons (Fsp3) is 0.625. The predicted molar refractivity (Wildman–Crippen MR) is 124 cm³/mol. The molecule has 0 aromatic heterocycles. The van der Waals surface area contributed by atoms with Crippen LogP contribution in [0.4, 0.5) is 5.69 Å². The van der Waals surface area contributed by atoms with Crippen molar-refractivity contribution in [1.29, 1.82) is 0 Å². The first-order valence-corrected chi connectivity index (χ1v) is 11.5. The number of Topliss-reactive ketones (excluding diaryl/α,β-unsaturated/α-hetero) is 1. The first kappa shape index (κ1) is 24.9. The van der Waals surface area contributed by atoms with Gasteiger partial charge in [-0.15, -0.1) is 0 Å². The largest absolute Gasteiger partial charge is 0.369 e. The van der Waals surface area contributed by atoms with Crippen LogP contribution < -0.4 is 15.5 Å². The summed E-state index contributed by atoms with van der Waals surface area (Å²) < 4.78 is 0. The molecule has 1 atom stereocenters. The molecule has 0 spiro atoms. The Morgan fingerprint density at radius 1 is 1.13 bits per heavy atom. The third kappa shape index (κ3) is 8.69. The van der Waals surface area contributed by atoms with Crippen molar-refractivity contribution in [2.75, 3.05) is 45.2 Å². The summed E-state index contributed by atoms with van der Waals surface area (Å²) in [6, 6.07) is 7.83. The van der Waals surface area contributed by atoms with Crippen LogP contribution in [-0.4, -0.2) is 68.8 Å². The molecule has 0 saturated carbocycles. The molecule has 2 rings (SSSR count). The quantitative estimate of drug-likeness (QED) is 0.442. The maximum atomic E-state index is 12.8. The highest BCUT2D eigenvalue weighted by Gasteiger charge is 2.22. The van der Waals surface area contributed by atoms with E-state index < -0.39 is 6.04 Å². The molecule has 2 N–H and O–H groups in total. The highest BCUT2D eigenvalue weighted by molar-refractivity contribution is 5.88. The average Bonchev–Trinajstić information content (AvgIpc) is 3.15. The Kier molecular flexibility index (Phi) is 10.5. The van der Waals surface area contributed by atoms with Crippen LogP contribution in [0.15, 0.2) is 24.3 Å². The molecule has 7 heteroatoms. The summed E-state index contributed by atoms with van der Waals surface area (Å²) >= 11 is 0. The van der Waals surface area contributed by atoms with Crippen LogP contribution in [0, 0.1) is 0 Å². The van der Waals surface area contributed by atoms with Crippen LogP contribution in [0.1, 0.15) is 51.0 Å². The SMILES string of the molecule is CCC(=O)CCCCCC(NC(=O)CN(C)C)C(=O)NCCN1CCc2ccccc21. The van der Waals surface area contributed by atoms with E-state index in [1.807, 2.05) is 27.1 Å². The van der Waals surface area contributed by atoms with E-state index in [1.54, 1.807) is 4.90 Å². The Morgan fingerprint density at radius 3 is 2.65 bits per heavy atom. The minimum Gasteiger partial charge on any atom is -0.369 e. The standard InChI is InChI=1S/C24H38N4O3/c1-4-20(29)11-6-5-7-12-21(26-23(30)18-27(2)3)24(31)25-15-17-28-16-14-19-10-8-9-13-22(19)28/h8-10,13,21H,4-7,11-12,14-18H2,1-3H3,(H,25,31)(H,26,30). The Morgan fingerprint density at radius 2 is 1.90 bits per heavy atom. The van der Waals surface area contributed by atoms with Gasteiger partial charge in [0.15, 0.2) is 0 Å². The monoisotopic (exact) mass is 430 g/mol. The van der Waals surface area contributed by atoms with Gasteiger partial charge in [0, 0.05) is 38.2 Å². The molecule has 1 unspecified atom stereocenters. The molecule has 0 fully saturated rings. The Balaban J connectivity index is 1.80. The number of likely N-dealkylation sites (N-methyl/N-ethyl adjacent to an activating group) is 1. The van der Waals surface area contributed by atoms with E-state index in [4.69, 9.17) is 0 Å². The summed E-state index contributed by atoms with van der Waals surface area (Å²) in [5, 5.41) is 5.88. The molecule has 172 valence electrons. The first-order valence-electron chi connectivity index (χ1n) is 11.5. The second-order valence-electron chi connectivity index (χ2n) is 8.51. The van der Waals surface area contributed by atoms with E-state index in [9.17, 15) is 14.4 Å². The van der Waals surface area contributed by atoms with Crippen LogP contribution in [0.2, 0.25) is 0 Å². The van der Waals surface area contributed by atoms with Crippen LogP contribution in [0.25, 0.3) is 0 Å². The molecule has 2 amide bonds. The van der Waals surface area contributed by atoms with Gasteiger partial charge in [-0.2, -0.15) is 0 Å². The van der Waals surface area contributed by atoms with Crippen LogP contribution in [0.5, 0.6) is 0 Å². The number of rotatable bonds is 14. The van der Waals surface area contributed by atoms with Gasteiger partial charge in [-0.3, -0.25) is 14.4 Å². The van der Waals surface area contributed by atoms with Gasteiger partial charge in [-0.25, -0.2) is 0 Å². The molecule has 7 nitrogen and oxygen atoms in total. The Bertz CT molecular complexity index is 735. The second kappa shape index (κ2) is 13.1. The van der Waals surface area contributed by atoms with Gasteiger partial charge >= 0.3 is 0 Å². The minimum atomic E-state index is -0.541. The number of carbonyl (C=O) groups is 3. The van der Waals surface area contributed by atoms with Crippen molar-refractivity contribution in [2.45, 2.75) is 57.9 Å². The van der Waals surface area contributed by atoms with Crippen LogP contribution >= 0.6 is 0 Å². The van der Waals surface area contributed by atoms with Gasteiger partial charge in [0.2, 0.25) is 11.8 Å². The molecule has 1 aliphatic rings. The topological polar surface area (TPSA) is 81.8 Å². The van der Waals surface area contributed by atoms with Crippen molar-refractivity contribution in [1.82, 2.24) is 15.5 Å². The first-order chi connectivity index (χ1) is 14.9. The molecule has 0 radical (unpaired) electrons. The van der Waals surface area contributed by atoms with Crippen molar-refractivity contribution in [2.24, 2.45) is 0 Å². The number of benzene rings is 1. The fourth-order valence-corrected chi connectivity index (χ4v) is 3.90. The van der Waals surface area contributed by atoms with E-state index in [2.05, 4.69) is 33.7 Å². The normalized spacial score (nSPS) is 13.7. The zero-order valence-electron chi connectivity index (χ0n) is 19.3. The lowest BCUT2D eigenvalue weighted by molar-refractivity contribution is -0.129. The molecule has 31 heavy (non-hydrogen) atoms. The predicted octanol–water partition coefficient (Wildman–Crippen LogP) is 2.14. The molecule has 1 aromatic rings. The summed E-state index contributed by atoms with van der Waals surface area (Å²) in [4.78, 5) is 40.5. The van der Waals surface area contributed by atoms with Crippen LogP contribution in [-0.2, 0) is 20.8 Å². The lowest BCUT2D eigenvalue weighted by atomic mass is 10.0. The Labute approximate surface area is 186 Å². The molecule has 1 aromatic carbocycles. The fourth-order valence-electron chi connectivity index (χ4n) is 3.90. The summed E-state index contributed by atoms with van der Waals surface area (Å²) in [5.74, 6) is -0.0129. The molecule has 0 bridgehead atoms. The van der Waals surface area contributed by atoms with Crippen molar-refractivity contribution >= 4 is 23.3 Å². The highest BCUT2D eigenvalue weighted by Crippen LogP contribution is 2.26. The number of hydrogen-bond acceptors (Lipinski definition) is 5. The van der Waals surface area contributed by atoms with Crippen molar-refractivity contribution < 1.29 is 14.4 Å². The van der Waals surface area contributed by atoms with E-state index >= 15 is 0 Å². The number of anilines is 1. The van der Waals surface area contributed by atoms with E-state index in [1.165, 1.54) is 11.3 Å². The number of para-hydroxylation sites is 1. The van der Waals surface area contributed by atoms with Crippen molar-refractivity contribution in [3.05, 3.63) is 29.8 Å². The van der Waals surface area contributed by atoms with Gasteiger partial charge in [0.25, 0.3) is 0 Å². The number of fused-ring (bicyclic) bond motifs is 1. The number of carbonyl (C=O) groups excluding carboxylic acids is 3. The smallest absolute Gasteiger partial charge is 0.242 e. The Hall–Kier alpha value is -2.41. The molecule has 0 saturated heterocycles. The number of unbranched alkanes of at least 4 members (excludes halogenated alkanes) is 2. The lowest BCUT2D eigenvalue weighted by Crippen LogP contribution is -2.50. The van der Waals surface area contributed by atoms with Gasteiger partial charge < -0.3 is 20.4 Å². The molecular formula is C24H38N4O3. The summed E-state index contributed by atoms with van der Waals surface area (Å²) in [6.07, 6.45) is 5.30. The van der Waals surface area contributed by atoms with Crippen LogP contribution in [0.3, 0.4) is 0 Å². The second-order valence-corrected chi connectivity index (χ2v) is 8.51. The van der Waals surface area contributed by atoms with E-state index in [0.717, 1.165) is 38.8 Å². The number of amides is 2. The highest BCUT2D eigenvalue weighted by atomic mass is 16.2. The minimum absolute atomic E-state index is 0.135.